The minimum absolute atomic E-state index is 0.00609. The molecule has 0 heterocycles. The second-order valence-corrected chi connectivity index (χ2v) is 6.96. The normalized spacial score (nSPS) is 12.0. The Kier molecular flexibility index (Phi) is 6.49. The molecule has 0 atom stereocenters. The maximum Gasteiger partial charge on any atom is 0.407 e. The van der Waals surface area contributed by atoms with Crippen molar-refractivity contribution in [2.45, 2.75) is 18.8 Å². The van der Waals surface area contributed by atoms with Crippen LogP contribution in [-0.2, 0) is 14.3 Å². The molecule has 7 heteroatoms. The van der Waals surface area contributed by atoms with Gasteiger partial charge in [-0.2, -0.15) is 0 Å². The number of rotatable bonds is 8. The Morgan fingerprint density at radius 2 is 1.59 bits per heavy atom. The van der Waals surface area contributed by atoms with Gasteiger partial charge in [0.15, 0.2) is 0 Å². The first kappa shape index (κ1) is 20.4. The largest absolute Gasteiger partial charge is 0.481 e. The van der Waals surface area contributed by atoms with Gasteiger partial charge in [0.1, 0.15) is 6.61 Å². The number of alkyl carbamates (subject to hydrolysis) is 1. The molecule has 2 aromatic rings. The molecule has 0 aromatic heterocycles. The molecule has 152 valence electrons. The number of carbonyl (C=O) groups is 3. The van der Waals surface area contributed by atoms with E-state index < -0.39 is 12.1 Å². The fraction of sp³-hybridized carbons (Fsp3) is 0.318. The highest BCUT2D eigenvalue weighted by Crippen LogP contribution is 2.44. The first-order valence-corrected chi connectivity index (χ1v) is 9.52. The highest BCUT2D eigenvalue weighted by atomic mass is 16.5. The number of ether oxygens (including phenoxy) is 1. The van der Waals surface area contributed by atoms with Gasteiger partial charge in [0.25, 0.3) is 0 Å². The van der Waals surface area contributed by atoms with Crippen LogP contribution in [0, 0.1) is 0 Å². The number of carboxylic acids is 1. The van der Waals surface area contributed by atoms with Crippen molar-refractivity contribution in [1.29, 1.82) is 0 Å². The van der Waals surface area contributed by atoms with E-state index in [-0.39, 0.29) is 44.4 Å². The van der Waals surface area contributed by atoms with E-state index in [0.29, 0.717) is 0 Å². The van der Waals surface area contributed by atoms with Crippen LogP contribution in [0.4, 0.5) is 4.79 Å². The standard InChI is InChI=1S/C22H24N2O5/c1-24(20(25)10-11-21(26)27)13-12-23-22(28)29-14-19-17-8-4-2-6-15(17)16-7-3-5-9-18(16)19/h2-9,19H,10-14H2,1H3,(H,23,28)(H,26,27). The van der Waals surface area contributed by atoms with E-state index in [1.165, 1.54) is 16.0 Å². The summed E-state index contributed by atoms with van der Waals surface area (Å²) in [6.45, 7) is 0.738. The van der Waals surface area contributed by atoms with Crippen LogP contribution in [-0.4, -0.2) is 54.7 Å². The van der Waals surface area contributed by atoms with Crippen molar-refractivity contribution in [2.24, 2.45) is 0 Å². The molecule has 0 unspecified atom stereocenters. The van der Waals surface area contributed by atoms with Gasteiger partial charge in [0.05, 0.1) is 6.42 Å². The van der Waals surface area contributed by atoms with Crippen LogP contribution in [0.15, 0.2) is 48.5 Å². The second-order valence-electron chi connectivity index (χ2n) is 6.96. The quantitative estimate of drug-likeness (QED) is 0.715. The Hall–Kier alpha value is -3.35. The summed E-state index contributed by atoms with van der Waals surface area (Å²) in [4.78, 5) is 35.8. The van der Waals surface area contributed by atoms with E-state index in [4.69, 9.17) is 9.84 Å². The highest BCUT2D eigenvalue weighted by molar-refractivity contribution is 5.81. The van der Waals surface area contributed by atoms with Gasteiger partial charge in [0.2, 0.25) is 5.91 Å². The summed E-state index contributed by atoms with van der Waals surface area (Å²) in [6.07, 6.45) is -0.807. The molecule has 0 bridgehead atoms. The number of hydrogen-bond donors (Lipinski definition) is 2. The van der Waals surface area contributed by atoms with Gasteiger partial charge in [-0.05, 0) is 22.3 Å². The van der Waals surface area contributed by atoms with Crippen LogP contribution in [0.25, 0.3) is 11.1 Å². The fourth-order valence-electron chi connectivity index (χ4n) is 3.50. The van der Waals surface area contributed by atoms with Crippen molar-refractivity contribution < 1.29 is 24.2 Å². The van der Waals surface area contributed by atoms with Gasteiger partial charge >= 0.3 is 12.1 Å². The average Bonchev–Trinajstić information content (AvgIpc) is 3.04. The zero-order valence-corrected chi connectivity index (χ0v) is 16.3. The molecule has 2 N–H and O–H groups in total. The summed E-state index contributed by atoms with van der Waals surface area (Å²) < 4.78 is 5.43. The third-order valence-electron chi connectivity index (χ3n) is 5.04. The molecule has 3 rings (SSSR count). The molecule has 0 fully saturated rings. The number of nitrogens with one attached hydrogen (secondary N) is 1. The number of hydrogen-bond acceptors (Lipinski definition) is 4. The molecule has 1 aliphatic rings. The molecule has 0 saturated heterocycles. The first-order valence-electron chi connectivity index (χ1n) is 9.52. The lowest BCUT2D eigenvalue weighted by atomic mass is 9.98. The third kappa shape index (κ3) is 4.93. The van der Waals surface area contributed by atoms with Crippen molar-refractivity contribution in [3.63, 3.8) is 0 Å². The monoisotopic (exact) mass is 396 g/mol. The van der Waals surface area contributed by atoms with E-state index in [1.54, 1.807) is 7.05 Å². The van der Waals surface area contributed by atoms with Crippen molar-refractivity contribution in [1.82, 2.24) is 10.2 Å². The molecular weight excluding hydrogens is 372 g/mol. The minimum atomic E-state index is -1.01. The topological polar surface area (TPSA) is 95.9 Å². The molecule has 29 heavy (non-hydrogen) atoms. The Labute approximate surface area is 169 Å². The third-order valence-corrected chi connectivity index (χ3v) is 5.04. The summed E-state index contributed by atoms with van der Waals surface area (Å²) >= 11 is 0. The van der Waals surface area contributed by atoms with Crippen molar-refractivity contribution in [2.75, 3.05) is 26.7 Å². The zero-order chi connectivity index (χ0) is 20.8. The molecule has 2 amide bonds. The molecule has 7 nitrogen and oxygen atoms in total. The lowest BCUT2D eigenvalue weighted by Crippen LogP contribution is -2.36. The van der Waals surface area contributed by atoms with Gasteiger partial charge < -0.3 is 20.1 Å². The van der Waals surface area contributed by atoms with Crippen LogP contribution in [0.2, 0.25) is 0 Å². The second kappa shape index (κ2) is 9.23. The number of nitrogens with zero attached hydrogens (tertiary/aromatic N) is 1. The van der Waals surface area contributed by atoms with E-state index in [2.05, 4.69) is 29.6 Å². The zero-order valence-electron chi connectivity index (χ0n) is 16.3. The molecule has 0 aliphatic heterocycles. The van der Waals surface area contributed by atoms with Gasteiger partial charge in [-0.1, -0.05) is 48.5 Å². The van der Waals surface area contributed by atoms with Crippen LogP contribution in [0.1, 0.15) is 29.9 Å². The maximum atomic E-state index is 12.1. The van der Waals surface area contributed by atoms with Crippen LogP contribution in [0.5, 0.6) is 0 Å². The number of amides is 2. The first-order chi connectivity index (χ1) is 14.0. The molecule has 0 spiro atoms. The van der Waals surface area contributed by atoms with E-state index in [1.807, 2.05) is 24.3 Å². The van der Waals surface area contributed by atoms with Crippen LogP contribution in [0.3, 0.4) is 0 Å². The van der Waals surface area contributed by atoms with Crippen molar-refractivity contribution in [3.8, 4) is 11.1 Å². The van der Waals surface area contributed by atoms with Gasteiger partial charge in [0, 0.05) is 32.5 Å². The lowest BCUT2D eigenvalue weighted by Gasteiger charge is -2.18. The van der Waals surface area contributed by atoms with E-state index in [0.717, 1.165) is 11.1 Å². The number of aliphatic carboxylic acids is 1. The smallest absolute Gasteiger partial charge is 0.407 e. The minimum Gasteiger partial charge on any atom is -0.481 e. The molecule has 0 saturated carbocycles. The van der Waals surface area contributed by atoms with E-state index >= 15 is 0 Å². The van der Waals surface area contributed by atoms with Crippen LogP contribution >= 0.6 is 0 Å². The van der Waals surface area contributed by atoms with Gasteiger partial charge in [-0.3, -0.25) is 9.59 Å². The summed E-state index contributed by atoms with van der Waals surface area (Å²) in [6, 6.07) is 16.2. The number of benzene rings is 2. The Morgan fingerprint density at radius 3 is 2.17 bits per heavy atom. The molecule has 0 radical (unpaired) electrons. The number of likely N-dealkylation sites (N-methyl/N-ethyl adjacent to an activating group) is 1. The Bertz CT molecular complexity index is 866. The highest BCUT2D eigenvalue weighted by Gasteiger charge is 2.28. The SMILES string of the molecule is CN(CCNC(=O)OCC1c2ccccc2-c2ccccc21)C(=O)CCC(=O)O. The number of carboxylic acid groups (broad SMARTS) is 1. The fourth-order valence-corrected chi connectivity index (χ4v) is 3.50. The summed E-state index contributed by atoms with van der Waals surface area (Å²) in [7, 11) is 1.57. The summed E-state index contributed by atoms with van der Waals surface area (Å²) in [5.74, 6) is -1.29. The Morgan fingerprint density at radius 1 is 1.00 bits per heavy atom. The summed E-state index contributed by atoms with van der Waals surface area (Å²) in [5, 5.41) is 11.3. The number of carbonyl (C=O) groups excluding carboxylic acids is 2. The van der Waals surface area contributed by atoms with Gasteiger partial charge in [-0.15, -0.1) is 0 Å². The molecule has 2 aromatic carbocycles. The predicted octanol–water partition coefficient (Wildman–Crippen LogP) is 2.85. The number of fused-ring (bicyclic) bond motifs is 3. The molecule has 1 aliphatic carbocycles. The Balaban J connectivity index is 1.48. The van der Waals surface area contributed by atoms with Crippen LogP contribution < -0.4 is 5.32 Å². The van der Waals surface area contributed by atoms with E-state index in [9.17, 15) is 14.4 Å². The maximum absolute atomic E-state index is 12.1. The lowest BCUT2D eigenvalue weighted by molar-refractivity contribution is -0.140. The molecular formula is C22H24N2O5. The average molecular weight is 396 g/mol. The summed E-state index contributed by atoms with van der Waals surface area (Å²) in [5.41, 5.74) is 4.62. The van der Waals surface area contributed by atoms with Crippen molar-refractivity contribution >= 4 is 18.0 Å². The van der Waals surface area contributed by atoms with Crippen molar-refractivity contribution in [3.05, 3.63) is 59.7 Å². The van der Waals surface area contributed by atoms with Gasteiger partial charge in [-0.25, -0.2) is 4.79 Å². The predicted molar refractivity (Wildman–Crippen MR) is 108 cm³/mol.